The number of nitro benzene ring substituents is 1. The van der Waals surface area contributed by atoms with Crippen molar-refractivity contribution in [3.05, 3.63) is 106 Å². The Kier molecular flexibility index (Phi) is 13.0. The standard InChI is InChI=1S/C18H16F6N4O2.C17H16F3N5O3/c19-17(20,21)14-2-1-7-25-15(14)27-8-10-28(11-9-27)16(29)26-12-3-5-13(6-4-12)30-18(22,23)24;18-17(19,20)14-5-2-6-21-15(14)23-7-9-24(10-8-23)16(26)22-12-3-1-4-13(11-12)25(27)28/h1-7H,8-11H2,(H,26,29);1-6,11H,7-10H2,(H,22,26). The van der Waals surface area contributed by atoms with Gasteiger partial charge in [-0.2, -0.15) is 26.3 Å². The van der Waals surface area contributed by atoms with Crippen LogP contribution in [-0.2, 0) is 12.4 Å². The molecule has 2 aromatic carbocycles. The van der Waals surface area contributed by atoms with Crippen molar-refractivity contribution in [2.45, 2.75) is 18.7 Å². The van der Waals surface area contributed by atoms with Crippen LogP contribution in [0.2, 0.25) is 0 Å². The Bertz CT molecular complexity index is 2050. The molecule has 0 atom stereocenters. The normalized spacial score (nSPS) is 14.9. The van der Waals surface area contributed by atoms with E-state index in [-0.39, 0.29) is 81.1 Å². The molecular formula is C35H32F9N9O5. The largest absolute Gasteiger partial charge is 0.573 e. The van der Waals surface area contributed by atoms with Gasteiger partial charge in [-0.3, -0.25) is 10.1 Å². The highest BCUT2D eigenvalue weighted by molar-refractivity contribution is 5.90. The molecule has 2 aromatic heterocycles. The Hall–Kier alpha value is -6.55. The zero-order chi connectivity index (χ0) is 42.3. The maximum absolute atomic E-state index is 13.2. The predicted molar refractivity (Wildman–Crippen MR) is 190 cm³/mol. The molecule has 0 spiro atoms. The first-order valence-corrected chi connectivity index (χ1v) is 17.0. The van der Waals surface area contributed by atoms with Crippen molar-refractivity contribution in [2.24, 2.45) is 0 Å². The molecule has 0 unspecified atom stereocenters. The van der Waals surface area contributed by atoms with Gasteiger partial charge in [0.25, 0.3) is 5.69 Å². The minimum Gasteiger partial charge on any atom is -0.406 e. The third kappa shape index (κ3) is 11.5. The summed E-state index contributed by atoms with van der Waals surface area (Å²) in [5.74, 6) is -0.774. The number of nitro groups is 1. The lowest BCUT2D eigenvalue weighted by Crippen LogP contribution is -2.50. The van der Waals surface area contributed by atoms with Gasteiger partial charge in [0.2, 0.25) is 0 Å². The molecule has 0 radical (unpaired) electrons. The van der Waals surface area contributed by atoms with Crippen LogP contribution in [-0.4, -0.2) is 95.5 Å². The summed E-state index contributed by atoms with van der Waals surface area (Å²) in [6, 6.07) is 13.5. The van der Waals surface area contributed by atoms with Gasteiger partial charge in [-0.25, -0.2) is 19.6 Å². The second kappa shape index (κ2) is 17.7. The van der Waals surface area contributed by atoms with E-state index >= 15 is 0 Å². The monoisotopic (exact) mass is 829 g/mol. The zero-order valence-electron chi connectivity index (χ0n) is 29.8. The number of aromatic nitrogens is 2. The van der Waals surface area contributed by atoms with E-state index in [2.05, 4.69) is 25.3 Å². The number of carbonyl (C=O) groups is 2. The van der Waals surface area contributed by atoms with Gasteiger partial charge < -0.3 is 35.0 Å². The van der Waals surface area contributed by atoms with Crippen LogP contribution in [0.25, 0.3) is 0 Å². The quantitative estimate of drug-likeness (QED) is 0.113. The highest BCUT2D eigenvalue weighted by Crippen LogP contribution is 2.37. The minimum absolute atomic E-state index is 0.145. The Morgan fingerprint density at radius 1 is 0.621 bits per heavy atom. The number of rotatable bonds is 6. The first-order chi connectivity index (χ1) is 27.3. The summed E-state index contributed by atoms with van der Waals surface area (Å²) in [5.41, 5.74) is -1.29. The second-order valence-corrected chi connectivity index (χ2v) is 12.4. The van der Waals surface area contributed by atoms with Gasteiger partial charge in [-0.1, -0.05) is 6.07 Å². The maximum atomic E-state index is 13.2. The van der Waals surface area contributed by atoms with Crippen molar-refractivity contribution < 1.29 is 58.8 Å². The molecule has 0 saturated carbocycles. The number of halogens is 9. The Morgan fingerprint density at radius 2 is 1.07 bits per heavy atom. The van der Waals surface area contributed by atoms with Crippen molar-refractivity contribution in [1.29, 1.82) is 0 Å². The molecule has 4 heterocycles. The average molecular weight is 830 g/mol. The van der Waals surface area contributed by atoms with Gasteiger partial charge in [0.15, 0.2) is 0 Å². The van der Waals surface area contributed by atoms with Crippen molar-refractivity contribution in [3.8, 4) is 5.75 Å². The number of amides is 4. The summed E-state index contributed by atoms with van der Waals surface area (Å²) in [7, 11) is 0. The highest BCUT2D eigenvalue weighted by atomic mass is 19.4. The van der Waals surface area contributed by atoms with Crippen LogP contribution in [0.1, 0.15) is 11.1 Å². The highest BCUT2D eigenvalue weighted by Gasteiger charge is 2.38. The molecule has 2 saturated heterocycles. The zero-order valence-corrected chi connectivity index (χ0v) is 29.8. The van der Waals surface area contributed by atoms with Crippen LogP contribution in [0.4, 0.5) is 77.8 Å². The second-order valence-electron chi connectivity index (χ2n) is 12.4. The number of non-ortho nitro benzene ring substituents is 1. The number of pyridine rings is 2. The number of urea groups is 2. The number of piperazine rings is 2. The number of anilines is 4. The fourth-order valence-corrected chi connectivity index (χ4v) is 5.83. The molecule has 310 valence electrons. The molecule has 4 aromatic rings. The molecule has 2 aliphatic rings. The van der Waals surface area contributed by atoms with E-state index in [0.717, 1.165) is 24.3 Å². The Labute approximate surface area is 322 Å². The number of ether oxygens (including phenoxy) is 1. The van der Waals surface area contributed by atoms with Crippen LogP contribution in [0.5, 0.6) is 5.75 Å². The number of nitrogens with zero attached hydrogens (tertiary/aromatic N) is 7. The van der Waals surface area contributed by atoms with Crippen molar-refractivity contribution >= 4 is 40.8 Å². The van der Waals surface area contributed by atoms with Crippen molar-refractivity contribution in [1.82, 2.24) is 19.8 Å². The molecule has 2 aliphatic heterocycles. The summed E-state index contributed by atoms with van der Waals surface area (Å²) < 4.78 is 119. The SMILES string of the molecule is O=C(Nc1ccc(OC(F)(F)F)cc1)N1CCN(c2ncccc2C(F)(F)F)CC1.O=C(Nc1cccc([N+](=O)[O-])c1)N1CCN(c2ncccc2C(F)(F)F)CC1. The molecule has 2 N–H and O–H groups in total. The summed E-state index contributed by atoms with van der Waals surface area (Å²) in [6.45, 7) is 1.33. The first-order valence-electron chi connectivity index (χ1n) is 17.0. The third-order valence-electron chi connectivity index (χ3n) is 8.56. The minimum atomic E-state index is -4.82. The third-order valence-corrected chi connectivity index (χ3v) is 8.56. The van der Waals surface area contributed by atoms with E-state index in [4.69, 9.17) is 0 Å². The van der Waals surface area contributed by atoms with Crippen molar-refractivity contribution in [3.63, 3.8) is 0 Å². The molecule has 0 bridgehead atoms. The van der Waals surface area contributed by atoms with Gasteiger partial charge in [0.05, 0.1) is 16.1 Å². The van der Waals surface area contributed by atoms with E-state index < -0.39 is 52.6 Å². The Morgan fingerprint density at radius 3 is 1.48 bits per heavy atom. The maximum Gasteiger partial charge on any atom is 0.573 e. The Balaban J connectivity index is 0.000000221. The van der Waals surface area contributed by atoms with E-state index in [1.807, 2.05) is 0 Å². The van der Waals surface area contributed by atoms with Crippen LogP contribution in [0.3, 0.4) is 0 Å². The van der Waals surface area contributed by atoms with Gasteiger partial charge in [0.1, 0.15) is 17.4 Å². The molecule has 23 heteroatoms. The number of hydrogen-bond acceptors (Lipinski definition) is 9. The van der Waals surface area contributed by atoms with Crippen LogP contribution in [0, 0.1) is 10.1 Å². The van der Waals surface area contributed by atoms with Crippen LogP contribution in [0.15, 0.2) is 85.2 Å². The molecule has 0 aliphatic carbocycles. The lowest BCUT2D eigenvalue weighted by molar-refractivity contribution is -0.384. The topological polar surface area (TPSA) is 149 Å². The molecular weight excluding hydrogens is 797 g/mol. The van der Waals surface area contributed by atoms with Gasteiger partial charge >= 0.3 is 30.8 Å². The lowest BCUT2D eigenvalue weighted by Gasteiger charge is -2.36. The smallest absolute Gasteiger partial charge is 0.406 e. The predicted octanol–water partition coefficient (Wildman–Crippen LogP) is 7.72. The number of carbonyl (C=O) groups excluding carboxylic acids is 2. The van der Waals surface area contributed by atoms with E-state index in [0.29, 0.717) is 0 Å². The molecule has 58 heavy (non-hydrogen) atoms. The average Bonchev–Trinajstić information content (AvgIpc) is 3.18. The fraction of sp³-hybridized carbons (Fsp3) is 0.314. The first kappa shape index (κ1) is 42.6. The van der Waals surface area contributed by atoms with E-state index in [1.54, 1.807) is 0 Å². The van der Waals surface area contributed by atoms with Gasteiger partial charge in [-0.05, 0) is 54.6 Å². The summed E-state index contributed by atoms with van der Waals surface area (Å²) in [4.78, 5) is 48.4. The van der Waals surface area contributed by atoms with E-state index in [9.17, 15) is 59.2 Å². The van der Waals surface area contributed by atoms with Crippen LogP contribution < -0.4 is 25.2 Å². The number of alkyl halides is 9. The van der Waals surface area contributed by atoms with Crippen LogP contribution >= 0.6 is 0 Å². The summed E-state index contributed by atoms with van der Waals surface area (Å²) in [6.07, 6.45) is -11.3. The fourth-order valence-electron chi connectivity index (χ4n) is 5.83. The number of benzene rings is 2. The number of nitrogens with one attached hydrogen (secondary N) is 2. The van der Waals surface area contributed by atoms with Crippen molar-refractivity contribution in [2.75, 3.05) is 72.8 Å². The summed E-state index contributed by atoms with van der Waals surface area (Å²) >= 11 is 0. The summed E-state index contributed by atoms with van der Waals surface area (Å²) in [5, 5.41) is 15.9. The number of hydrogen-bond donors (Lipinski definition) is 2. The molecule has 2 fully saturated rings. The van der Waals surface area contributed by atoms with E-state index in [1.165, 1.54) is 80.5 Å². The molecule has 4 amide bonds. The molecule has 14 nitrogen and oxygen atoms in total. The molecule has 6 rings (SSSR count). The lowest BCUT2D eigenvalue weighted by atomic mass is 10.2. The van der Waals surface area contributed by atoms with Gasteiger partial charge in [-0.15, -0.1) is 13.2 Å². The van der Waals surface area contributed by atoms with Gasteiger partial charge in [0, 0.05) is 88.3 Å².